The Balaban J connectivity index is 2.63. The second kappa shape index (κ2) is 4.81. The normalized spacial score (nSPS) is 11.4. The number of hydrogen-bond donors (Lipinski definition) is 0. The fraction of sp³-hybridized carbons (Fsp3) is 0.308. The quantitative estimate of drug-likeness (QED) is 0.821. The van der Waals surface area contributed by atoms with Gasteiger partial charge in [-0.15, -0.1) is 0 Å². The van der Waals surface area contributed by atoms with Crippen LogP contribution in [0.3, 0.4) is 0 Å². The maximum atomic E-state index is 6.16. The van der Waals surface area contributed by atoms with Gasteiger partial charge in [-0.1, -0.05) is 23.2 Å². The van der Waals surface area contributed by atoms with Crippen LogP contribution in [0.2, 0.25) is 10.0 Å². The van der Waals surface area contributed by atoms with E-state index in [4.69, 9.17) is 23.2 Å². The van der Waals surface area contributed by atoms with Crippen molar-refractivity contribution in [1.29, 1.82) is 0 Å². The van der Waals surface area contributed by atoms with Gasteiger partial charge in [0.1, 0.15) is 0 Å². The number of nitrogens with zero attached hydrogens (tertiary/aromatic N) is 2. The molecule has 0 unspecified atom stereocenters. The number of benzene rings is 1. The van der Waals surface area contributed by atoms with Gasteiger partial charge >= 0.3 is 0 Å². The summed E-state index contributed by atoms with van der Waals surface area (Å²) >= 11 is 12.3. The molecule has 4 heteroatoms. The molecule has 1 aromatic heterocycles. The molecule has 0 amide bonds. The molecule has 0 aliphatic heterocycles. The van der Waals surface area contributed by atoms with Gasteiger partial charge in [0.2, 0.25) is 0 Å². The topological polar surface area (TPSA) is 16.1 Å². The average molecular weight is 269 g/mol. The molecule has 0 aliphatic carbocycles. The number of aryl methyl sites for hydroxylation is 1. The van der Waals surface area contributed by atoms with E-state index in [9.17, 15) is 0 Å². The Kier molecular flexibility index (Phi) is 3.57. The van der Waals surface area contributed by atoms with E-state index in [1.807, 2.05) is 33.2 Å². The Hall–Kier alpha value is -0.830. The minimum atomic E-state index is 0.652. The molecule has 2 nitrogen and oxygen atoms in total. The van der Waals surface area contributed by atoms with Gasteiger partial charge in [0, 0.05) is 17.0 Å². The van der Waals surface area contributed by atoms with Gasteiger partial charge in [0.25, 0.3) is 0 Å². The van der Waals surface area contributed by atoms with Crippen molar-refractivity contribution in [3.8, 4) is 0 Å². The summed E-state index contributed by atoms with van der Waals surface area (Å²) in [5, 5.41) is 2.27. The van der Waals surface area contributed by atoms with Crippen LogP contribution in [0.15, 0.2) is 18.2 Å². The van der Waals surface area contributed by atoms with E-state index in [0.717, 1.165) is 28.7 Å². The highest BCUT2D eigenvalue weighted by Crippen LogP contribution is 2.30. The SMILES string of the molecule is Cc1c(Cl)cc(Cl)c2ccc(CN(C)C)nc12. The Bertz CT molecular complexity index is 565. The zero-order valence-electron chi connectivity index (χ0n) is 10.1. The van der Waals surface area contributed by atoms with Crippen molar-refractivity contribution in [2.75, 3.05) is 14.1 Å². The highest BCUT2D eigenvalue weighted by Gasteiger charge is 2.09. The first-order chi connectivity index (χ1) is 7.99. The highest BCUT2D eigenvalue weighted by molar-refractivity contribution is 6.39. The van der Waals surface area contributed by atoms with Gasteiger partial charge in [0.15, 0.2) is 0 Å². The van der Waals surface area contributed by atoms with Crippen LogP contribution < -0.4 is 0 Å². The van der Waals surface area contributed by atoms with E-state index < -0.39 is 0 Å². The van der Waals surface area contributed by atoms with Crippen LogP contribution in [-0.4, -0.2) is 24.0 Å². The largest absolute Gasteiger partial charge is 0.304 e. The van der Waals surface area contributed by atoms with Crippen LogP contribution in [0.5, 0.6) is 0 Å². The van der Waals surface area contributed by atoms with Crippen LogP contribution in [0.1, 0.15) is 11.3 Å². The molecule has 0 radical (unpaired) electrons. The van der Waals surface area contributed by atoms with E-state index in [1.165, 1.54) is 0 Å². The van der Waals surface area contributed by atoms with E-state index in [2.05, 4.69) is 9.88 Å². The first kappa shape index (κ1) is 12.6. The molecule has 0 aliphatic rings. The lowest BCUT2D eigenvalue weighted by Gasteiger charge is -2.11. The van der Waals surface area contributed by atoms with Crippen molar-refractivity contribution in [2.24, 2.45) is 0 Å². The molecule has 0 atom stereocenters. The third kappa shape index (κ3) is 2.54. The fourth-order valence-corrected chi connectivity index (χ4v) is 2.32. The lowest BCUT2D eigenvalue weighted by atomic mass is 10.1. The monoisotopic (exact) mass is 268 g/mol. The van der Waals surface area contributed by atoms with Crippen LogP contribution in [-0.2, 0) is 6.54 Å². The van der Waals surface area contributed by atoms with E-state index in [-0.39, 0.29) is 0 Å². The van der Waals surface area contributed by atoms with E-state index in [0.29, 0.717) is 10.0 Å². The molecule has 2 aromatic rings. The summed E-state index contributed by atoms with van der Waals surface area (Å²) < 4.78 is 0. The molecule has 0 bridgehead atoms. The van der Waals surface area contributed by atoms with Crippen LogP contribution in [0, 0.1) is 6.92 Å². The Morgan fingerprint density at radius 2 is 1.88 bits per heavy atom. The molecular weight excluding hydrogens is 255 g/mol. The molecule has 1 heterocycles. The molecule has 0 N–H and O–H groups in total. The molecule has 0 saturated carbocycles. The van der Waals surface area contributed by atoms with Gasteiger partial charge in [-0.3, -0.25) is 4.98 Å². The van der Waals surface area contributed by atoms with Crippen molar-refractivity contribution in [1.82, 2.24) is 9.88 Å². The molecule has 0 spiro atoms. The minimum Gasteiger partial charge on any atom is -0.304 e. The first-order valence-corrected chi connectivity index (χ1v) is 6.13. The number of hydrogen-bond acceptors (Lipinski definition) is 2. The maximum Gasteiger partial charge on any atom is 0.0764 e. The zero-order chi connectivity index (χ0) is 12.6. The molecule has 0 saturated heterocycles. The standard InChI is InChI=1S/C13H14Cl2N2/c1-8-11(14)6-12(15)10-5-4-9(7-17(2)3)16-13(8)10/h4-6H,7H2,1-3H3. The van der Waals surface area contributed by atoms with Crippen molar-refractivity contribution in [2.45, 2.75) is 13.5 Å². The third-order valence-corrected chi connectivity index (χ3v) is 3.36. The number of rotatable bonds is 2. The predicted molar refractivity (Wildman–Crippen MR) is 73.9 cm³/mol. The van der Waals surface area contributed by atoms with E-state index >= 15 is 0 Å². The van der Waals surface area contributed by atoms with E-state index in [1.54, 1.807) is 6.07 Å². The van der Waals surface area contributed by atoms with Gasteiger partial charge in [-0.05, 0) is 44.8 Å². The van der Waals surface area contributed by atoms with Gasteiger partial charge in [0.05, 0.1) is 16.2 Å². The average Bonchev–Trinajstić information content (AvgIpc) is 2.25. The van der Waals surface area contributed by atoms with Gasteiger partial charge in [-0.2, -0.15) is 0 Å². The summed E-state index contributed by atoms with van der Waals surface area (Å²) in [4.78, 5) is 6.71. The molecule has 0 fully saturated rings. The summed E-state index contributed by atoms with van der Waals surface area (Å²) in [6.45, 7) is 2.77. The van der Waals surface area contributed by atoms with Crippen LogP contribution in [0.4, 0.5) is 0 Å². The highest BCUT2D eigenvalue weighted by atomic mass is 35.5. The fourth-order valence-electron chi connectivity index (χ4n) is 1.80. The lowest BCUT2D eigenvalue weighted by molar-refractivity contribution is 0.397. The first-order valence-electron chi connectivity index (χ1n) is 5.38. The van der Waals surface area contributed by atoms with Crippen molar-refractivity contribution in [3.63, 3.8) is 0 Å². The predicted octanol–water partition coefficient (Wildman–Crippen LogP) is 3.91. The number of fused-ring (bicyclic) bond motifs is 1. The molecule has 17 heavy (non-hydrogen) atoms. The second-order valence-electron chi connectivity index (χ2n) is 4.40. The number of pyridine rings is 1. The Labute approximate surface area is 111 Å². The molecule has 1 aromatic carbocycles. The summed E-state index contributed by atoms with van der Waals surface area (Å²) in [5.74, 6) is 0. The van der Waals surface area contributed by atoms with Crippen LogP contribution >= 0.6 is 23.2 Å². The summed E-state index contributed by atoms with van der Waals surface area (Å²) in [6, 6.07) is 5.78. The second-order valence-corrected chi connectivity index (χ2v) is 5.22. The summed E-state index contributed by atoms with van der Waals surface area (Å²) in [5.41, 5.74) is 2.89. The molecular formula is C13H14Cl2N2. The molecule has 2 rings (SSSR count). The summed E-state index contributed by atoms with van der Waals surface area (Å²) in [7, 11) is 4.04. The Morgan fingerprint density at radius 3 is 2.53 bits per heavy atom. The zero-order valence-corrected chi connectivity index (χ0v) is 11.6. The van der Waals surface area contributed by atoms with Gasteiger partial charge in [-0.25, -0.2) is 0 Å². The van der Waals surface area contributed by atoms with Crippen molar-refractivity contribution in [3.05, 3.63) is 39.5 Å². The van der Waals surface area contributed by atoms with Crippen molar-refractivity contribution >= 4 is 34.1 Å². The molecule has 90 valence electrons. The summed E-state index contributed by atoms with van der Waals surface area (Å²) in [6.07, 6.45) is 0. The van der Waals surface area contributed by atoms with Gasteiger partial charge < -0.3 is 4.90 Å². The van der Waals surface area contributed by atoms with Crippen molar-refractivity contribution < 1.29 is 0 Å². The lowest BCUT2D eigenvalue weighted by Crippen LogP contribution is -2.11. The minimum absolute atomic E-state index is 0.652. The maximum absolute atomic E-state index is 6.16. The Morgan fingerprint density at radius 1 is 1.18 bits per heavy atom. The number of halogens is 2. The third-order valence-electron chi connectivity index (χ3n) is 2.66. The van der Waals surface area contributed by atoms with Crippen LogP contribution in [0.25, 0.3) is 10.9 Å². The number of aromatic nitrogens is 1. The smallest absolute Gasteiger partial charge is 0.0764 e.